The summed E-state index contributed by atoms with van der Waals surface area (Å²) in [5.41, 5.74) is 1.15. The van der Waals surface area contributed by atoms with E-state index in [1.54, 1.807) is 0 Å². The van der Waals surface area contributed by atoms with E-state index in [-0.39, 0.29) is 11.9 Å². The van der Waals surface area contributed by atoms with Crippen LogP contribution in [0, 0.1) is 12.8 Å². The van der Waals surface area contributed by atoms with Crippen molar-refractivity contribution in [2.75, 3.05) is 5.75 Å². The molecule has 1 aliphatic carbocycles. The molecule has 1 amide bonds. The number of carboxylic acids is 1. The average molecular weight is 293 g/mol. The van der Waals surface area contributed by atoms with Crippen molar-refractivity contribution in [3.63, 3.8) is 0 Å². The van der Waals surface area contributed by atoms with Crippen LogP contribution >= 0.6 is 11.8 Å². The number of carbonyl (C=O) groups is 2. The summed E-state index contributed by atoms with van der Waals surface area (Å²) in [5.74, 6) is -0.994. The van der Waals surface area contributed by atoms with E-state index in [0.29, 0.717) is 12.2 Å². The number of hydrogen-bond donors (Lipinski definition) is 2. The van der Waals surface area contributed by atoms with Gasteiger partial charge in [-0.05, 0) is 31.4 Å². The molecule has 1 aromatic rings. The lowest BCUT2D eigenvalue weighted by atomic mass is 10.0. The topological polar surface area (TPSA) is 66.4 Å². The predicted molar refractivity (Wildman–Crippen MR) is 78.8 cm³/mol. The molecule has 1 saturated carbocycles. The third-order valence-electron chi connectivity index (χ3n) is 3.63. The van der Waals surface area contributed by atoms with Gasteiger partial charge in [0.15, 0.2) is 0 Å². The maximum absolute atomic E-state index is 11.9. The number of aliphatic carboxylic acids is 1. The summed E-state index contributed by atoms with van der Waals surface area (Å²) in [6.45, 7) is 2.01. The van der Waals surface area contributed by atoms with Crippen molar-refractivity contribution < 1.29 is 14.7 Å². The van der Waals surface area contributed by atoms with Crippen molar-refractivity contribution in [2.24, 2.45) is 5.92 Å². The first-order valence-corrected chi connectivity index (χ1v) is 7.77. The van der Waals surface area contributed by atoms with E-state index in [2.05, 4.69) is 5.32 Å². The highest BCUT2D eigenvalue weighted by atomic mass is 32.2. The molecule has 2 atom stereocenters. The molecule has 0 bridgehead atoms. The summed E-state index contributed by atoms with van der Waals surface area (Å²) in [4.78, 5) is 24.1. The molecule has 108 valence electrons. The zero-order valence-electron chi connectivity index (χ0n) is 11.5. The molecule has 0 radical (unpaired) electrons. The third-order valence-corrected chi connectivity index (χ3v) is 4.81. The van der Waals surface area contributed by atoms with Crippen LogP contribution in [0.2, 0.25) is 0 Å². The van der Waals surface area contributed by atoms with Gasteiger partial charge in [0.05, 0.1) is 11.7 Å². The molecule has 4 nitrogen and oxygen atoms in total. The molecule has 1 aliphatic rings. The van der Waals surface area contributed by atoms with E-state index in [1.807, 2.05) is 31.2 Å². The number of nitrogens with one attached hydrogen (secondary N) is 1. The molecule has 1 fully saturated rings. The molecule has 5 heteroatoms. The number of carboxylic acid groups (broad SMARTS) is 1. The Bertz CT molecular complexity index is 504. The van der Waals surface area contributed by atoms with Crippen LogP contribution in [0.15, 0.2) is 29.2 Å². The number of rotatable bonds is 5. The molecule has 0 aliphatic heterocycles. The molecule has 0 heterocycles. The van der Waals surface area contributed by atoms with Crippen LogP contribution in [-0.4, -0.2) is 28.8 Å². The quantitative estimate of drug-likeness (QED) is 0.818. The maximum atomic E-state index is 11.9. The molecular weight excluding hydrogens is 274 g/mol. The van der Waals surface area contributed by atoms with Gasteiger partial charge >= 0.3 is 5.97 Å². The molecule has 0 aromatic heterocycles. The van der Waals surface area contributed by atoms with E-state index in [0.717, 1.165) is 23.3 Å². The number of amides is 1. The standard InChI is InChI=1S/C15H19NO3S/c1-10-5-2-3-8-13(10)20-9-14(17)16-12-7-4-6-11(12)15(18)19/h2-3,5,8,11-12H,4,6-7,9H2,1H3,(H,16,17)(H,18,19)/t11-,12+/m0/s1. The second-order valence-corrected chi connectivity index (χ2v) is 6.12. The van der Waals surface area contributed by atoms with Gasteiger partial charge in [-0.15, -0.1) is 11.8 Å². The van der Waals surface area contributed by atoms with Gasteiger partial charge in [-0.1, -0.05) is 24.6 Å². The zero-order chi connectivity index (χ0) is 14.5. The van der Waals surface area contributed by atoms with Crippen molar-refractivity contribution in [3.8, 4) is 0 Å². The van der Waals surface area contributed by atoms with Crippen LogP contribution in [0.25, 0.3) is 0 Å². The minimum Gasteiger partial charge on any atom is -0.481 e. The van der Waals surface area contributed by atoms with Gasteiger partial charge in [-0.25, -0.2) is 0 Å². The number of carbonyl (C=O) groups excluding carboxylic acids is 1. The first kappa shape index (κ1) is 14.9. The van der Waals surface area contributed by atoms with Crippen molar-refractivity contribution in [3.05, 3.63) is 29.8 Å². The number of benzene rings is 1. The van der Waals surface area contributed by atoms with Gasteiger partial charge in [0.1, 0.15) is 0 Å². The van der Waals surface area contributed by atoms with Crippen LogP contribution in [0.3, 0.4) is 0 Å². The smallest absolute Gasteiger partial charge is 0.308 e. The van der Waals surface area contributed by atoms with Crippen LogP contribution in [0.5, 0.6) is 0 Å². The predicted octanol–water partition coefficient (Wildman–Crippen LogP) is 2.46. The van der Waals surface area contributed by atoms with E-state index in [9.17, 15) is 9.59 Å². The Morgan fingerprint density at radius 2 is 2.10 bits per heavy atom. The molecule has 0 unspecified atom stereocenters. The lowest BCUT2D eigenvalue weighted by Gasteiger charge is -2.17. The summed E-state index contributed by atoms with van der Waals surface area (Å²) in [6.07, 6.45) is 2.29. The molecule has 2 N–H and O–H groups in total. The fourth-order valence-electron chi connectivity index (χ4n) is 2.54. The Balaban J connectivity index is 1.84. The Labute approximate surface area is 123 Å². The van der Waals surface area contributed by atoms with E-state index < -0.39 is 11.9 Å². The van der Waals surface area contributed by atoms with Crippen molar-refractivity contribution in [2.45, 2.75) is 37.1 Å². The highest BCUT2D eigenvalue weighted by Gasteiger charge is 2.33. The second kappa shape index (κ2) is 6.79. The number of thioether (sulfide) groups is 1. The molecule has 0 spiro atoms. The maximum Gasteiger partial charge on any atom is 0.308 e. The fourth-order valence-corrected chi connectivity index (χ4v) is 3.38. The minimum atomic E-state index is -0.806. The molecule has 2 rings (SSSR count). The van der Waals surface area contributed by atoms with Gasteiger partial charge in [0.2, 0.25) is 5.91 Å². The Kier molecular flexibility index (Phi) is 5.06. The second-order valence-electron chi connectivity index (χ2n) is 5.10. The highest BCUT2D eigenvalue weighted by Crippen LogP contribution is 2.26. The summed E-state index contributed by atoms with van der Waals surface area (Å²) < 4.78 is 0. The van der Waals surface area contributed by atoms with Gasteiger partial charge in [0.25, 0.3) is 0 Å². The summed E-state index contributed by atoms with van der Waals surface area (Å²) in [6, 6.07) is 7.71. The van der Waals surface area contributed by atoms with Gasteiger partial charge < -0.3 is 10.4 Å². The van der Waals surface area contributed by atoms with Crippen LogP contribution in [0.1, 0.15) is 24.8 Å². The molecule has 1 aromatic carbocycles. The first-order chi connectivity index (χ1) is 9.58. The van der Waals surface area contributed by atoms with Crippen LogP contribution in [0.4, 0.5) is 0 Å². The zero-order valence-corrected chi connectivity index (χ0v) is 12.3. The Hall–Kier alpha value is -1.49. The minimum absolute atomic E-state index is 0.0867. The number of hydrogen-bond acceptors (Lipinski definition) is 3. The normalized spacial score (nSPS) is 21.6. The number of aryl methyl sites for hydroxylation is 1. The molecule has 20 heavy (non-hydrogen) atoms. The third kappa shape index (κ3) is 3.76. The fraction of sp³-hybridized carbons (Fsp3) is 0.467. The van der Waals surface area contributed by atoms with Crippen LogP contribution in [-0.2, 0) is 9.59 Å². The highest BCUT2D eigenvalue weighted by molar-refractivity contribution is 8.00. The van der Waals surface area contributed by atoms with E-state index in [4.69, 9.17) is 5.11 Å². The first-order valence-electron chi connectivity index (χ1n) is 6.78. The average Bonchev–Trinajstić information content (AvgIpc) is 2.86. The lowest BCUT2D eigenvalue weighted by Crippen LogP contribution is -2.41. The largest absolute Gasteiger partial charge is 0.481 e. The SMILES string of the molecule is Cc1ccccc1SCC(=O)N[C@@H]1CCC[C@@H]1C(=O)O. The summed E-state index contributed by atoms with van der Waals surface area (Å²) >= 11 is 1.49. The van der Waals surface area contributed by atoms with Crippen LogP contribution < -0.4 is 5.32 Å². The lowest BCUT2D eigenvalue weighted by molar-refractivity contribution is -0.142. The monoisotopic (exact) mass is 293 g/mol. The van der Waals surface area contributed by atoms with Gasteiger partial charge in [-0.3, -0.25) is 9.59 Å². The summed E-state index contributed by atoms with van der Waals surface area (Å²) in [5, 5.41) is 11.9. The Morgan fingerprint density at radius 1 is 1.35 bits per heavy atom. The van der Waals surface area contributed by atoms with Gasteiger partial charge in [-0.2, -0.15) is 0 Å². The molecular formula is C15H19NO3S. The van der Waals surface area contributed by atoms with Gasteiger partial charge in [0, 0.05) is 10.9 Å². The summed E-state index contributed by atoms with van der Waals surface area (Å²) in [7, 11) is 0. The molecule has 0 saturated heterocycles. The van der Waals surface area contributed by atoms with Crippen molar-refractivity contribution in [1.29, 1.82) is 0 Å². The van der Waals surface area contributed by atoms with Crippen molar-refractivity contribution in [1.82, 2.24) is 5.32 Å². The van der Waals surface area contributed by atoms with E-state index >= 15 is 0 Å². The Morgan fingerprint density at radius 3 is 2.80 bits per heavy atom. The van der Waals surface area contributed by atoms with E-state index in [1.165, 1.54) is 11.8 Å². The van der Waals surface area contributed by atoms with Crippen molar-refractivity contribution >= 4 is 23.6 Å².